The summed E-state index contributed by atoms with van der Waals surface area (Å²) in [4.78, 5) is 20.4. The number of nitrogens with zero attached hydrogens (tertiary/aromatic N) is 4. The van der Waals surface area contributed by atoms with Gasteiger partial charge in [-0.1, -0.05) is 5.16 Å². The molecule has 1 fully saturated rings. The summed E-state index contributed by atoms with van der Waals surface area (Å²) in [5.74, 6) is 1.67. The van der Waals surface area contributed by atoms with Crippen molar-refractivity contribution in [1.29, 1.82) is 0 Å². The second kappa shape index (κ2) is 7.98. The molecule has 0 N–H and O–H groups in total. The van der Waals surface area contributed by atoms with E-state index in [1.165, 1.54) is 0 Å². The van der Waals surface area contributed by atoms with Crippen molar-refractivity contribution in [2.75, 3.05) is 40.0 Å². The van der Waals surface area contributed by atoms with Crippen LogP contribution in [0.2, 0.25) is 0 Å². The molecule has 0 bridgehead atoms. The molecule has 8 nitrogen and oxygen atoms in total. The fraction of sp³-hybridized carbons (Fsp3) is 0.471. The van der Waals surface area contributed by atoms with Crippen LogP contribution < -0.4 is 4.74 Å². The Bertz CT molecular complexity index is 695. The van der Waals surface area contributed by atoms with Crippen LogP contribution in [0.5, 0.6) is 5.75 Å². The van der Waals surface area contributed by atoms with Crippen LogP contribution in [0.15, 0.2) is 28.8 Å². The van der Waals surface area contributed by atoms with E-state index >= 15 is 0 Å². The number of hydrogen-bond acceptors (Lipinski definition) is 6. The zero-order valence-electron chi connectivity index (χ0n) is 14.5. The number of urea groups is 1. The first-order chi connectivity index (χ1) is 12.2. The van der Waals surface area contributed by atoms with E-state index in [2.05, 4.69) is 10.1 Å². The van der Waals surface area contributed by atoms with Gasteiger partial charge in [0.05, 0.1) is 20.3 Å². The number of carbonyl (C=O) groups excluding carboxylic acids is 1. The molecule has 25 heavy (non-hydrogen) atoms. The highest BCUT2D eigenvalue weighted by molar-refractivity contribution is 5.74. The third-order valence-corrected chi connectivity index (χ3v) is 4.08. The van der Waals surface area contributed by atoms with E-state index in [0.717, 1.165) is 11.3 Å². The summed E-state index contributed by atoms with van der Waals surface area (Å²) in [5, 5.41) is 4.00. The summed E-state index contributed by atoms with van der Waals surface area (Å²) >= 11 is 0. The largest absolute Gasteiger partial charge is 0.497 e. The third-order valence-electron chi connectivity index (χ3n) is 4.08. The van der Waals surface area contributed by atoms with Gasteiger partial charge in [-0.2, -0.15) is 4.98 Å². The van der Waals surface area contributed by atoms with Crippen LogP contribution in [0, 0.1) is 0 Å². The van der Waals surface area contributed by atoms with Crippen LogP contribution in [0.1, 0.15) is 12.8 Å². The average molecular weight is 346 g/mol. The van der Waals surface area contributed by atoms with Crippen LogP contribution in [-0.2, 0) is 11.3 Å². The van der Waals surface area contributed by atoms with Gasteiger partial charge in [0.15, 0.2) is 0 Å². The molecule has 2 heterocycles. The maximum absolute atomic E-state index is 12.6. The van der Waals surface area contributed by atoms with E-state index in [0.29, 0.717) is 44.6 Å². The lowest BCUT2D eigenvalue weighted by Crippen LogP contribution is -2.47. The Hall–Kier alpha value is -2.61. The van der Waals surface area contributed by atoms with Gasteiger partial charge in [-0.15, -0.1) is 0 Å². The topological polar surface area (TPSA) is 80.9 Å². The number of methoxy groups -OCH3 is 1. The maximum atomic E-state index is 12.6. The van der Waals surface area contributed by atoms with E-state index < -0.39 is 0 Å². The van der Waals surface area contributed by atoms with Crippen molar-refractivity contribution in [2.45, 2.75) is 13.5 Å². The van der Waals surface area contributed by atoms with Crippen molar-refractivity contribution in [3.63, 3.8) is 0 Å². The zero-order chi connectivity index (χ0) is 17.6. The standard InChI is InChI=1S/C17H22N4O4/c1-3-20(17(22)21-8-10-24-11-9-21)12-15-18-16(19-25-15)13-4-6-14(23-2)7-5-13/h4-7H,3,8-12H2,1-2H3. The van der Waals surface area contributed by atoms with E-state index in [9.17, 15) is 4.79 Å². The van der Waals surface area contributed by atoms with E-state index in [1.54, 1.807) is 16.9 Å². The highest BCUT2D eigenvalue weighted by Gasteiger charge is 2.23. The molecule has 0 aliphatic carbocycles. The Kier molecular flexibility index (Phi) is 5.49. The van der Waals surface area contributed by atoms with Crippen molar-refractivity contribution < 1.29 is 18.8 Å². The van der Waals surface area contributed by atoms with Gasteiger partial charge in [-0.25, -0.2) is 4.79 Å². The number of carbonyl (C=O) groups is 1. The van der Waals surface area contributed by atoms with Gasteiger partial charge in [-0.3, -0.25) is 0 Å². The van der Waals surface area contributed by atoms with Gasteiger partial charge < -0.3 is 23.8 Å². The molecule has 1 aromatic carbocycles. The minimum Gasteiger partial charge on any atom is -0.497 e. The van der Waals surface area contributed by atoms with Crippen molar-refractivity contribution in [1.82, 2.24) is 19.9 Å². The molecule has 0 radical (unpaired) electrons. The van der Waals surface area contributed by atoms with Crippen molar-refractivity contribution in [2.24, 2.45) is 0 Å². The lowest BCUT2D eigenvalue weighted by atomic mass is 10.2. The molecule has 1 aromatic heterocycles. The first kappa shape index (κ1) is 17.2. The van der Waals surface area contributed by atoms with Gasteiger partial charge >= 0.3 is 6.03 Å². The summed E-state index contributed by atoms with van der Waals surface area (Å²) in [6, 6.07) is 7.38. The number of ether oxygens (including phenoxy) is 2. The minimum absolute atomic E-state index is 0.0324. The second-order valence-corrected chi connectivity index (χ2v) is 5.64. The predicted molar refractivity (Wildman–Crippen MR) is 90.2 cm³/mol. The van der Waals surface area contributed by atoms with E-state index in [4.69, 9.17) is 14.0 Å². The summed E-state index contributed by atoms with van der Waals surface area (Å²) in [6.45, 7) is 5.15. The predicted octanol–water partition coefficient (Wildman–Crippen LogP) is 2.02. The molecule has 2 amide bonds. The SMILES string of the molecule is CCN(Cc1nc(-c2ccc(OC)cc2)no1)C(=O)N1CCOCC1. The molecule has 0 unspecified atom stereocenters. The molecular weight excluding hydrogens is 324 g/mol. The van der Waals surface area contributed by atoms with Gasteiger partial charge in [0, 0.05) is 25.2 Å². The van der Waals surface area contributed by atoms with Gasteiger partial charge in [-0.05, 0) is 31.2 Å². The smallest absolute Gasteiger partial charge is 0.320 e. The first-order valence-corrected chi connectivity index (χ1v) is 8.30. The van der Waals surface area contributed by atoms with E-state index in [-0.39, 0.29) is 12.6 Å². The highest BCUT2D eigenvalue weighted by atomic mass is 16.5. The molecular formula is C17H22N4O4. The summed E-state index contributed by atoms with van der Waals surface area (Å²) in [6.07, 6.45) is 0. The monoisotopic (exact) mass is 346 g/mol. The molecule has 1 aliphatic rings. The number of rotatable bonds is 5. The second-order valence-electron chi connectivity index (χ2n) is 5.64. The lowest BCUT2D eigenvalue weighted by Gasteiger charge is -2.31. The molecule has 2 aromatic rings. The third kappa shape index (κ3) is 4.08. The first-order valence-electron chi connectivity index (χ1n) is 8.30. The van der Waals surface area contributed by atoms with Crippen LogP contribution >= 0.6 is 0 Å². The molecule has 1 aliphatic heterocycles. The average Bonchev–Trinajstić information content (AvgIpc) is 3.15. The highest BCUT2D eigenvalue weighted by Crippen LogP contribution is 2.20. The maximum Gasteiger partial charge on any atom is 0.320 e. The number of amides is 2. The van der Waals surface area contributed by atoms with Gasteiger partial charge in [0.1, 0.15) is 12.3 Å². The quantitative estimate of drug-likeness (QED) is 0.824. The van der Waals surface area contributed by atoms with Crippen LogP contribution in [0.25, 0.3) is 11.4 Å². The molecule has 0 atom stereocenters. The molecule has 1 saturated heterocycles. The normalized spacial score (nSPS) is 14.4. The Morgan fingerprint density at radius 3 is 2.64 bits per heavy atom. The summed E-state index contributed by atoms with van der Waals surface area (Å²) < 4.78 is 15.7. The Morgan fingerprint density at radius 1 is 1.28 bits per heavy atom. The fourth-order valence-electron chi connectivity index (χ4n) is 2.61. The number of aromatic nitrogens is 2. The summed E-state index contributed by atoms with van der Waals surface area (Å²) in [5.41, 5.74) is 0.832. The Labute approximate surface area is 146 Å². The van der Waals surface area contributed by atoms with Gasteiger partial charge in [0.25, 0.3) is 0 Å². The van der Waals surface area contributed by atoms with Gasteiger partial charge in [0.2, 0.25) is 11.7 Å². The molecule has 134 valence electrons. The van der Waals surface area contributed by atoms with Crippen LogP contribution in [0.3, 0.4) is 0 Å². The minimum atomic E-state index is -0.0324. The lowest BCUT2D eigenvalue weighted by molar-refractivity contribution is 0.0422. The molecule has 0 spiro atoms. The van der Waals surface area contributed by atoms with E-state index in [1.807, 2.05) is 31.2 Å². The Morgan fingerprint density at radius 2 is 2.00 bits per heavy atom. The molecule has 8 heteroatoms. The molecule has 0 saturated carbocycles. The molecule has 3 rings (SSSR count). The zero-order valence-corrected chi connectivity index (χ0v) is 14.5. The fourth-order valence-corrected chi connectivity index (χ4v) is 2.61. The van der Waals surface area contributed by atoms with Crippen molar-refractivity contribution >= 4 is 6.03 Å². The van der Waals surface area contributed by atoms with Crippen molar-refractivity contribution in [3.05, 3.63) is 30.2 Å². The number of morpholine rings is 1. The number of hydrogen-bond donors (Lipinski definition) is 0. The van der Waals surface area contributed by atoms with Crippen LogP contribution in [0.4, 0.5) is 4.79 Å². The van der Waals surface area contributed by atoms with Crippen LogP contribution in [-0.4, -0.2) is 65.9 Å². The summed E-state index contributed by atoms with van der Waals surface area (Å²) in [7, 11) is 1.62. The van der Waals surface area contributed by atoms with Crippen molar-refractivity contribution in [3.8, 4) is 17.1 Å². The Balaban J connectivity index is 1.67. The number of benzene rings is 1.